The zero-order valence-electron chi connectivity index (χ0n) is 46.3. The summed E-state index contributed by atoms with van der Waals surface area (Å²) in [5, 5.41) is 11.4. The summed E-state index contributed by atoms with van der Waals surface area (Å²) >= 11 is 0. The smallest absolute Gasteiger partial charge is 0.848 e. The molecule has 0 bridgehead atoms. The van der Waals surface area contributed by atoms with Crippen LogP contribution in [0.4, 0.5) is 17.1 Å². The first-order valence-electron chi connectivity index (χ1n) is 27.0. The van der Waals surface area contributed by atoms with Crippen LogP contribution in [0.5, 0.6) is 0 Å². The zero-order valence-corrected chi connectivity index (χ0v) is 51.0. The molecule has 79 heavy (non-hydrogen) atoms. The Kier molecular flexibility index (Phi) is 21.0. The summed E-state index contributed by atoms with van der Waals surface area (Å²) in [6.45, 7) is 0. The molecule has 10 rings (SSSR count). The molecular formula is C69H71BCoN3OP3Si. The summed E-state index contributed by atoms with van der Waals surface area (Å²) < 4.78 is 0. The molecule has 0 saturated heterocycles. The Labute approximate surface area is 486 Å². The quantitative estimate of drug-likeness (QED) is 0.0460. The molecule has 0 N–H and O–H groups in total. The van der Waals surface area contributed by atoms with Crippen molar-refractivity contribution < 1.29 is 21.6 Å². The summed E-state index contributed by atoms with van der Waals surface area (Å²) in [4.78, 5) is 20.8. The maximum atomic E-state index is 14.6. The van der Waals surface area contributed by atoms with Gasteiger partial charge in [-0.1, -0.05) is 288 Å². The van der Waals surface area contributed by atoms with Crippen LogP contribution in [-0.4, -0.2) is 74.9 Å². The van der Waals surface area contributed by atoms with Gasteiger partial charge in [-0.15, -0.1) is 18.2 Å². The molecule has 10 heteroatoms. The first-order valence-corrected chi connectivity index (χ1v) is 33.4. The van der Waals surface area contributed by atoms with Crippen LogP contribution in [0.2, 0.25) is 0 Å². The number of anilines is 3. The van der Waals surface area contributed by atoms with Crippen molar-refractivity contribution in [1.82, 2.24) is 0 Å². The van der Waals surface area contributed by atoms with Crippen LogP contribution >= 0.6 is 23.8 Å². The van der Waals surface area contributed by atoms with Crippen LogP contribution in [-0.2, 0) is 16.8 Å². The molecule has 399 valence electrons. The van der Waals surface area contributed by atoms with E-state index in [2.05, 4.69) is 227 Å². The summed E-state index contributed by atoms with van der Waals surface area (Å²) in [7, 11) is 6.76. The largest absolute Gasteiger partial charge is 2.00 e. The average molecular weight is 1150 g/mol. The molecule has 0 aliphatic heterocycles. The van der Waals surface area contributed by atoms with Crippen molar-refractivity contribution in [1.29, 1.82) is 0 Å². The third-order valence-corrected chi connectivity index (χ3v) is 27.0. The Bertz CT molecular complexity index is 2910. The third-order valence-electron chi connectivity index (χ3n) is 14.9. The maximum absolute atomic E-state index is 14.6. The molecule has 1 radical (unpaired) electrons. The third kappa shape index (κ3) is 14.5. The van der Waals surface area contributed by atoms with Gasteiger partial charge in [0.1, 0.15) is 0 Å². The predicted molar refractivity (Wildman–Crippen MR) is 351 cm³/mol. The van der Waals surface area contributed by atoms with E-state index in [1.807, 2.05) is 115 Å². The molecule has 0 atom stereocenters. The van der Waals surface area contributed by atoms with Gasteiger partial charge in [-0.05, 0) is 68.2 Å². The van der Waals surface area contributed by atoms with E-state index in [0.29, 0.717) is 0 Å². The fourth-order valence-corrected chi connectivity index (χ4v) is 23.0. The Balaban J connectivity index is 0.000000234. The van der Waals surface area contributed by atoms with Crippen LogP contribution < -0.4 is 72.3 Å². The van der Waals surface area contributed by atoms with Gasteiger partial charge in [-0.3, -0.25) is 0 Å². The average Bonchev–Trinajstić information content (AvgIpc) is 3.51. The van der Waals surface area contributed by atoms with Gasteiger partial charge in [0.05, 0.1) is 8.32 Å². The normalized spacial score (nSPS) is 11.4. The zero-order chi connectivity index (χ0) is 54.3. The van der Waals surface area contributed by atoms with Gasteiger partial charge in [0.2, 0.25) is 0 Å². The van der Waals surface area contributed by atoms with Crippen molar-refractivity contribution in [2.24, 2.45) is 0 Å². The van der Waals surface area contributed by atoms with E-state index in [1.165, 1.54) is 37.3 Å². The second kappa shape index (κ2) is 28.2. The minimum absolute atomic E-state index is 0. The second-order valence-corrected chi connectivity index (χ2v) is 30.6. The van der Waals surface area contributed by atoms with Gasteiger partial charge in [0, 0.05) is 65.5 Å². The molecule has 0 spiro atoms. The first kappa shape index (κ1) is 58.8. The number of nitrogens with zero attached hydrogens (tertiary/aromatic N) is 3. The molecule has 0 aromatic heterocycles. The van der Waals surface area contributed by atoms with Gasteiger partial charge in [-0.25, -0.2) is 5.46 Å². The van der Waals surface area contributed by atoms with Crippen molar-refractivity contribution in [2.45, 2.75) is 0 Å². The predicted octanol–water partition coefficient (Wildman–Crippen LogP) is 9.57. The van der Waals surface area contributed by atoms with Gasteiger partial charge in [-0.2, -0.15) is 0 Å². The van der Waals surface area contributed by atoms with Crippen molar-refractivity contribution >= 4 is 108 Å². The molecule has 0 aliphatic carbocycles. The number of benzene rings is 10. The molecular weight excluding hydrogens is 1080 g/mol. The van der Waals surface area contributed by atoms with Gasteiger partial charge in [0.15, 0.2) is 0 Å². The minimum Gasteiger partial charge on any atom is -0.848 e. The molecule has 4 nitrogen and oxygen atoms in total. The Morgan fingerprint density at radius 3 is 0.671 bits per heavy atom. The van der Waals surface area contributed by atoms with E-state index in [9.17, 15) is 4.80 Å². The van der Waals surface area contributed by atoms with E-state index >= 15 is 0 Å². The van der Waals surface area contributed by atoms with Crippen molar-refractivity contribution in [3.05, 3.63) is 285 Å². The van der Waals surface area contributed by atoms with Crippen LogP contribution in [0.3, 0.4) is 0 Å². The summed E-state index contributed by atoms with van der Waals surface area (Å²) in [5.41, 5.74) is 4.80. The molecule has 10 aromatic carbocycles. The van der Waals surface area contributed by atoms with Crippen LogP contribution in [0.1, 0.15) is 0 Å². The molecule has 0 fully saturated rings. The van der Waals surface area contributed by atoms with Gasteiger partial charge >= 0.3 is 16.8 Å². The van der Waals surface area contributed by atoms with Crippen molar-refractivity contribution in [2.75, 3.05) is 75.2 Å². The number of hydrogen-bond donors (Lipinski definition) is 0. The Hall–Kier alpha value is -6.36. The molecule has 0 saturated carbocycles. The first-order chi connectivity index (χ1) is 38.0. The Morgan fingerprint density at radius 2 is 0.481 bits per heavy atom. The molecule has 0 unspecified atom stereocenters. The summed E-state index contributed by atoms with van der Waals surface area (Å²) in [6, 6.07) is 108. The van der Waals surface area contributed by atoms with Crippen LogP contribution in [0, 0.1) is 0 Å². The maximum Gasteiger partial charge on any atom is 2.00 e. The number of rotatable bonds is 19. The summed E-state index contributed by atoms with van der Waals surface area (Å²) in [6.07, 6.45) is -1.14. The van der Waals surface area contributed by atoms with E-state index < -0.39 is 38.2 Å². The molecule has 0 aliphatic rings. The molecule has 0 amide bonds. The summed E-state index contributed by atoms with van der Waals surface area (Å²) in [5.74, 6) is 0. The SMILES string of the molecule is CN(C)c1ccc([Si]([O-])(c2ccc(N(C)C)cc2)c2ccc(N(C)C)cc2)cc1.[Co+2].c1ccc(P(C[B-](CP(c2ccccc2)c2ccccc2)(CP(c2ccccc2)c2ccccc2)c2ccccc2)c2ccccc2)cc1. The van der Waals surface area contributed by atoms with E-state index in [1.54, 1.807) is 0 Å². The van der Waals surface area contributed by atoms with Gasteiger partial charge < -0.3 is 19.5 Å². The fourth-order valence-electron chi connectivity index (χ4n) is 10.6. The minimum atomic E-state index is -3.36. The fraction of sp³-hybridized carbons (Fsp3) is 0.130. The standard InChI is InChI=1S/C45H41BP3.C24H30N3OSi.Co/c1-8-22-39(23-9-1)46(36-47(40-24-10-2-11-25-40)41-26-12-3-13-27-41,37-48(42-28-14-4-15-29-42)43-30-16-5-17-31-43)38-49(44-32-18-6-19-33-44)45-34-20-7-21-35-45;1-25(2)19-7-13-22(14-8-19)29(28,23-15-9-20(10-16-23)26(3)4)24-17-11-21(12-18-24)27(5)6;/h1-35H,36-38H2;7-18H,1-6H3;/q2*-1;+2. The number of hydrogen-bond acceptors (Lipinski definition) is 4. The topological polar surface area (TPSA) is 32.8 Å². The van der Waals surface area contributed by atoms with E-state index in [0.717, 1.165) is 50.8 Å². The van der Waals surface area contributed by atoms with Crippen LogP contribution in [0.15, 0.2) is 285 Å². The van der Waals surface area contributed by atoms with E-state index in [-0.39, 0.29) is 16.8 Å². The second-order valence-electron chi connectivity index (χ2n) is 20.7. The molecule has 10 aromatic rings. The van der Waals surface area contributed by atoms with Crippen LogP contribution in [0.25, 0.3) is 0 Å². The van der Waals surface area contributed by atoms with E-state index in [4.69, 9.17) is 0 Å². The monoisotopic (exact) mass is 1150 g/mol. The van der Waals surface area contributed by atoms with Crippen molar-refractivity contribution in [3.8, 4) is 0 Å². The molecule has 0 heterocycles. The van der Waals surface area contributed by atoms with Crippen molar-refractivity contribution in [3.63, 3.8) is 0 Å². The Morgan fingerprint density at radius 1 is 0.291 bits per heavy atom. The van der Waals surface area contributed by atoms with Gasteiger partial charge in [0.25, 0.3) is 0 Å².